The molecule has 0 spiro atoms. The van der Waals surface area contributed by atoms with E-state index >= 15 is 0 Å². The minimum Gasteiger partial charge on any atom is -0.256 e. The van der Waals surface area contributed by atoms with Gasteiger partial charge in [-0.3, -0.25) is 5.01 Å². The number of rotatable bonds is 3. The maximum absolute atomic E-state index is 4.93. The second kappa shape index (κ2) is 5.99. The first-order chi connectivity index (χ1) is 10.8. The largest absolute Gasteiger partial charge is 0.256 e. The maximum Gasteiger partial charge on any atom is 0.0924 e. The fraction of sp³-hybridized carbons (Fsp3) is 0.118. The zero-order valence-corrected chi connectivity index (χ0v) is 14.9. The molecule has 4 rings (SSSR count). The first kappa shape index (κ1) is 14.2. The molecule has 1 aliphatic rings. The minimum absolute atomic E-state index is 0.284. The van der Waals surface area contributed by atoms with Crippen LogP contribution in [0.3, 0.4) is 0 Å². The summed E-state index contributed by atoms with van der Waals surface area (Å²) in [6.07, 6.45) is 0.952. The van der Waals surface area contributed by atoms with Crippen molar-refractivity contribution in [2.45, 2.75) is 12.5 Å². The van der Waals surface area contributed by atoms with Crippen LogP contribution in [0, 0.1) is 0 Å². The molecule has 0 unspecified atom stereocenters. The zero-order chi connectivity index (χ0) is 14.9. The summed E-state index contributed by atoms with van der Waals surface area (Å²) < 4.78 is 1.08. The van der Waals surface area contributed by atoms with Crippen molar-refractivity contribution in [2.24, 2.45) is 5.10 Å². The number of anilines is 1. The summed E-state index contributed by atoms with van der Waals surface area (Å²) >= 11 is 7.12. The Hall–Kier alpha value is -1.43. The lowest BCUT2D eigenvalue weighted by molar-refractivity contribution is 0.722. The van der Waals surface area contributed by atoms with Crippen molar-refractivity contribution in [3.63, 3.8) is 0 Å². The van der Waals surface area contributed by atoms with Gasteiger partial charge in [-0.25, -0.2) is 0 Å². The molecule has 0 saturated carbocycles. The van der Waals surface area contributed by atoms with Crippen LogP contribution in [0.5, 0.6) is 0 Å². The van der Waals surface area contributed by atoms with Crippen LogP contribution >= 0.6 is 38.6 Å². The van der Waals surface area contributed by atoms with E-state index in [1.54, 1.807) is 22.7 Å². The third kappa shape index (κ3) is 2.64. The molecule has 2 aromatic heterocycles. The molecule has 0 bridgehead atoms. The first-order valence-electron chi connectivity index (χ1n) is 7.01. The summed E-state index contributed by atoms with van der Waals surface area (Å²) in [6.45, 7) is 0. The van der Waals surface area contributed by atoms with Crippen LogP contribution in [-0.4, -0.2) is 5.71 Å². The number of hydrogen-bond acceptors (Lipinski definition) is 4. The number of hydrazone groups is 1. The van der Waals surface area contributed by atoms with Crippen LogP contribution in [0.1, 0.15) is 22.2 Å². The second-order valence-electron chi connectivity index (χ2n) is 5.08. The standard InChI is InChI=1S/C17H13BrN2S2/c18-12-4-1-5-13(10-12)20-15(17-7-3-9-22-17)11-14(19-20)16-6-2-8-21-16/h1-10,15H,11H2/t15-/m0/s1. The van der Waals surface area contributed by atoms with E-state index in [0.29, 0.717) is 0 Å². The molecule has 0 saturated heterocycles. The van der Waals surface area contributed by atoms with Gasteiger partial charge in [0, 0.05) is 15.8 Å². The molecule has 0 N–H and O–H groups in total. The Balaban J connectivity index is 1.76. The third-order valence-electron chi connectivity index (χ3n) is 3.66. The van der Waals surface area contributed by atoms with Crippen molar-refractivity contribution in [2.75, 3.05) is 5.01 Å². The monoisotopic (exact) mass is 388 g/mol. The molecule has 22 heavy (non-hydrogen) atoms. The highest BCUT2D eigenvalue weighted by atomic mass is 79.9. The smallest absolute Gasteiger partial charge is 0.0924 e. The fourth-order valence-corrected chi connectivity index (χ4v) is 4.58. The summed E-state index contributed by atoms with van der Waals surface area (Å²) in [6, 6.07) is 17.2. The van der Waals surface area contributed by atoms with Gasteiger partial charge >= 0.3 is 0 Å². The lowest BCUT2D eigenvalue weighted by Gasteiger charge is -2.22. The topological polar surface area (TPSA) is 15.6 Å². The van der Waals surface area contributed by atoms with Crippen molar-refractivity contribution in [3.8, 4) is 0 Å². The van der Waals surface area contributed by atoms with E-state index in [4.69, 9.17) is 5.10 Å². The number of thiophene rings is 2. The molecule has 110 valence electrons. The van der Waals surface area contributed by atoms with Crippen LogP contribution in [0.4, 0.5) is 5.69 Å². The highest BCUT2D eigenvalue weighted by Crippen LogP contribution is 2.39. The fourth-order valence-electron chi connectivity index (χ4n) is 2.66. The van der Waals surface area contributed by atoms with Gasteiger partial charge < -0.3 is 0 Å². The van der Waals surface area contributed by atoms with E-state index in [1.807, 2.05) is 6.07 Å². The van der Waals surface area contributed by atoms with Gasteiger partial charge in [-0.05, 0) is 41.1 Å². The van der Waals surface area contributed by atoms with Gasteiger partial charge in [0.2, 0.25) is 0 Å². The van der Waals surface area contributed by atoms with Crippen LogP contribution < -0.4 is 5.01 Å². The highest BCUT2D eigenvalue weighted by molar-refractivity contribution is 9.10. The average molecular weight is 389 g/mol. The molecule has 0 radical (unpaired) electrons. The Kier molecular flexibility index (Phi) is 3.86. The molecule has 1 aromatic carbocycles. The number of hydrogen-bond donors (Lipinski definition) is 0. The summed E-state index contributed by atoms with van der Waals surface area (Å²) in [7, 11) is 0. The molecular formula is C17H13BrN2S2. The maximum atomic E-state index is 4.93. The Morgan fingerprint density at radius 2 is 1.91 bits per heavy atom. The zero-order valence-electron chi connectivity index (χ0n) is 11.6. The minimum atomic E-state index is 0.284. The third-order valence-corrected chi connectivity index (χ3v) is 6.05. The van der Waals surface area contributed by atoms with E-state index in [2.05, 4.69) is 74.2 Å². The number of halogens is 1. The predicted octanol–water partition coefficient (Wildman–Crippen LogP) is 5.93. The van der Waals surface area contributed by atoms with Gasteiger partial charge in [-0.15, -0.1) is 22.7 Å². The van der Waals surface area contributed by atoms with Crippen LogP contribution in [0.25, 0.3) is 0 Å². The molecule has 3 aromatic rings. The highest BCUT2D eigenvalue weighted by Gasteiger charge is 2.30. The Morgan fingerprint density at radius 3 is 2.64 bits per heavy atom. The van der Waals surface area contributed by atoms with Gasteiger partial charge in [-0.1, -0.05) is 34.1 Å². The molecule has 0 amide bonds. The van der Waals surface area contributed by atoms with E-state index in [-0.39, 0.29) is 6.04 Å². The van der Waals surface area contributed by atoms with E-state index in [9.17, 15) is 0 Å². The Labute approximate surface area is 145 Å². The molecule has 0 aliphatic carbocycles. The lowest BCUT2D eigenvalue weighted by atomic mass is 10.1. The molecule has 3 heterocycles. The van der Waals surface area contributed by atoms with Gasteiger partial charge in [0.1, 0.15) is 0 Å². The molecule has 5 heteroatoms. The van der Waals surface area contributed by atoms with Crippen molar-refractivity contribution in [1.29, 1.82) is 0 Å². The van der Waals surface area contributed by atoms with Crippen LogP contribution in [0.15, 0.2) is 68.9 Å². The lowest BCUT2D eigenvalue weighted by Crippen LogP contribution is -2.17. The Morgan fingerprint density at radius 1 is 1.05 bits per heavy atom. The van der Waals surface area contributed by atoms with Crippen molar-refractivity contribution in [1.82, 2.24) is 0 Å². The average Bonchev–Trinajstić information content (AvgIpc) is 3.27. The summed E-state index contributed by atoms with van der Waals surface area (Å²) in [5, 5.41) is 11.3. The van der Waals surface area contributed by atoms with Crippen molar-refractivity contribution >= 4 is 50.0 Å². The van der Waals surface area contributed by atoms with Gasteiger partial charge in [0.25, 0.3) is 0 Å². The second-order valence-corrected chi connectivity index (χ2v) is 7.93. The van der Waals surface area contributed by atoms with Gasteiger partial charge in [0.05, 0.1) is 22.3 Å². The van der Waals surface area contributed by atoms with E-state index in [1.165, 1.54) is 15.5 Å². The van der Waals surface area contributed by atoms with Crippen molar-refractivity contribution in [3.05, 3.63) is 73.5 Å². The molecule has 1 aliphatic heterocycles. The van der Waals surface area contributed by atoms with Crippen LogP contribution in [0.2, 0.25) is 0 Å². The quantitative estimate of drug-likeness (QED) is 0.542. The number of nitrogens with zero attached hydrogens (tertiary/aromatic N) is 2. The molecule has 2 nitrogen and oxygen atoms in total. The summed E-state index contributed by atoms with van der Waals surface area (Å²) in [5.74, 6) is 0. The SMILES string of the molecule is Brc1cccc(N2N=C(c3cccs3)C[C@H]2c2cccs2)c1. The van der Waals surface area contributed by atoms with Gasteiger partial charge in [-0.2, -0.15) is 5.10 Å². The van der Waals surface area contributed by atoms with Gasteiger partial charge in [0.15, 0.2) is 0 Å². The Bertz CT molecular complexity index is 794. The molecular weight excluding hydrogens is 376 g/mol. The van der Waals surface area contributed by atoms with E-state index < -0.39 is 0 Å². The normalized spacial score (nSPS) is 17.8. The first-order valence-corrected chi connectivity index (χ1v) is 9.56. The molecule has 0 fully saturated rings. The predicted molar refractivity (Wildman–Crippen MR) is 99.2 cm³/mol. The van der Waals surface area contributed by atoms with E-state index in [0.717, 1.165) is 16.6 Å². The summed E-state index contributed by atoms with van der Waals surface area (Å²) in [5.41, 5.74) is 2.30. The van der Waals surface area contributed by atoms with Crippen molar-refractivity contribution < 1.29 is 0 Å². The molecule has 1 atom stereocenters. The summed E-state index contributed by atoms with van der Waals surface area (Å²) in [4.78, 5) is 2.62. The number of benzene rings is 1. The van der Waals surface area contributed by atoms with Crippen LogP contribution in [-0.2, 0) is 0 Å².